The molecule has 2 atom stereocenters. The summed E-state index contributed by atoms with van der Waals surface area (Å²) in [6, 6.07) is 0. The summed E-state index contributed by atoms with van der Waals surface area (Å²) < 4.78 is 10.5. The Labute approximate surface area is 131 Å². The van der Waals surface area contributed by atoms with Crippen molar-refractivity contribution in [3.8, 4) is 0 Å². The van der Waals surface area contributed by atoms with Gasteiger partial charge in [-0.2, -0.15) is 0 Å². The Morgan fingerprint density at radius 1 is 1.18 bits per heavy atom. The molecule has 0 heterocycles. The Hall–Kier alpha value is -1.63. The molecule has 22 heavy (non-hydrogen) atoms. The highest BCUT2D eigenvalue weighted by Gasteiger charge is 2.66. The molecule has 0 saturated heterocycles. The van der Waals surface area contributed by atoms with Crippen LogP contribution in [-0.2, 0) is 23.9 Å². The van der Waals surface area contributed by atoms with E-state index in [2.05, 4.69) is 10.6 Å². The number of nitrogens with one attached hydrogen (secondary N) is 2. The quantitative estimate of drug-likeness (QED) is 0.662. The fraction of sp³-hybridized carbons (Fsp3) is 0.800. The summed E-state index contributed by atoms with van der Waals surface area (Å²) in [7, 11) is 1.29. The standard InChI is InChI=1S/C15H26N2O5/c1-6-11(18)16-9-12(19)17-15(13(20)21-5)8-10(22-7-2)14(15,3)4/h10H,6-9H2,1-5H3,(H,16,18)(H,17,19)/t10-,15-/m1/s1. The molecule has 1 saturated carbocycles. The van der Waals surface area contributed by atoms with Crippen molar-refractivity contribution in [2.24, 2.45) is 5.41 Å². The van der Waals surface area contributed by atoms with E-state index in [1.54, 1.807) is 6.92 Å². The molecule has 0 radical (unpaired) electrons. The van der Waals surface area contributed by atoms with Crippen LogP contribution in [0.2, 0.25) is 0 Å². The molecular formula is C15H26N2O5. The summed E-state index contributed by atoms with van der Waals surface area (Å²) in [5.41, 5.74) is -1.73. The smallest absolute Gasteiger partial charge is 0.332 e. The van der Waals surface area contributed by atoms with E-state index in [0.717, 1.165) is 0 Å². The number of methoxy groups -OCH3 is 1. The highest BCUT2D eigenvalue weighted by Crippen LogP contribution is 2.51. The van der Waals surface area contributed by atoms with Gasteiger partial charge < -0.3 is 20.1 Å². The van der Waals surface area contributed by atoms with Gasteiger partial charge in [0.25, 0.3) is 0 Å². The molecule has 1 fully saturated rings. The van der Waals surface area contributed by atoms with E-state index in [1.807, 2.05) is 20.8 Å². The molecule has 0 aromatic rings. The van der Waals surface area contributed by atoms with E-state index < -0.39 is 22.8 Å². The molecule has 126 valence electrons. The average Bonchev–Trinajstić information content (AvgIpc) is 2.50. The first-order valence-electron chi connectivity index (χ1n) is 7.52. The number of hydrogen-bond donors (Lipinski definition) is 2. The highest BCUT2D eigenvalue weighted by atomic mass is 16.5. The summed E-state index contributed by atoms with van der Waals surface area (Å²) in [6.07, 6.45) is 0.517. The topological polar surface area (TPSA) is 93.7 Å². The lowest BCUT2D eigenvalue weighted by molar-refractivity contribution is -0.197. The van der Waals surface area contributed by atoms with Crippen molar-refractivity contribution in [1.82, 2.24) is 10.6 Å². The first-order valence-corrected chi connectivity index (χ1v) is 7.52. The normalized spacial score (nSPS) is 25.8. The van der Waals surface area contributed by atoms with Crippen molar-refractivity contribution < 1.29 is 23.9 Å². The van der Waals surface area contributed by atoms with Crippen molar-refractivity contribution in [3.05, 3.63) is 0 Å². The lowest BCUT2D eigenvalue weighted by atomic mass is 9.54. The molecule has 0 aromatic carbocycles. The maximum atomic E-state index is 12.2. The third-order valence-electron chi connectivity index (χ3n) is 4.42. The van der Waals surface area contributed by atoms with Crippen LogP contribution in [0.3, 0.4) is 0 Å². The van der Waals surface area contributed by atoms with Gasteiger partial charge in [0.05, 0.1) is 19.8 Å². The van der Waals surface area contributed by atoms with Crippen LogP contribution in [0.1, 0.15) is 40.5 Å². The second-order valence-electron chi connectivity index (χ2n) is 5.95. The molecule has 1 rings (SSSR count). The molecule has 2 amide bonds. The van der Waals surface area contributed by atoms with Gasteiger partial charge in [-0.1, -0.05) is 20.8 Å². The zero-order chi connectivity index (χ0) is 17.0. The Bertz CT molecular complexity index is 449. The lowest BCUT2D eigenvalue weighted by Crippen LogP contribution is -2.76. The van der Waals surface area contributed by atoms with Crippen LogP contribution in [0.5, 0.6) is 0 Å². The summed E-state index contributed by atoms with van der Waals surface area (Å²) >= 11 is 0. The van der Waals surface area contributed by atoms with Crippen molar-refractivity contribution in [1.29, 1.82) is 0 Å². The lowest BCUT2D eigenvalue weighted by Gasteiger charge is -2.58. The number of amides is 2. The van der Waals surface area contributed by atoms with Gasteiger partial charge in [-0.3, -0.25) is 9.59 Å². The number of ether oxygens (including phenoxy) is 2. The van der Waals surface area contributed by atoms with E-state index in [9.17, 15) is 14.4 Å². The molecule has 0 spiro atoms. The van der Waals surface area contributed by atoms with Crippen molar-refractivity contribution in [3.63, 3.8) is 0 Å². The monoisotopic (exact) mass is 314 g/mol. The van der Waals surface area contributed by atoms with Crippen molar-refractivity contribution >= 4 is 17.8 Å². The minimum absolute atomic E-state index is 0.137. The Balaban J connectivity index is 2.81. The Kier molecular flexibility index (Phi) is 5.93. The van der Waals surface area contributed by atoms with E-state index in [4.69, 9.17) is 9.47 Å². The molecule has 1 aliphatic carbocycles. The van der Waals surface area contributed by atoms with Crippen LogP contribution in [0, 0.1) is 5.41 Å². The molecule has 7 heteroatoms. The second kappa shape index (κ2) is 7.09. The number of rotatable bonds is 7. The van der Waals surface area contributed by atoms with Gasteiger partial charge in [0.1, 0.15) is 5.54 Å². The van der Waals surface area contributed by atoms with Gasteiger partial charge in [-0.05, 0) is 6.92 Å². The van der Waals surface area contributed by atoms with E-state index in [0.29, 0.717) is 19.4 Å². The van der Waals surface area contributed by atoms with Gasteiger partial charge in [0.15, 0.2) is 0 Å². The van der Waals surface area contributed by atoms with Gasteiger partial charge in [-0.25, -0.2) is 4.79 Å². The fourth-order valence-corrected chi connectivity index (χ4v) is 2.78. The SMILES string of the molecule is CCO[C@@H]1C[C@@](NC(=O)CNC(=O)CC)(C(=O)OC)C1(C)C. The Morgan fingerprint density at radius 3 is 2.27 bits per heavy atom. The predicted molar refractivity (Wildman–Crippen MR) is 80.0 cm³/mol. The van der Waals surface area contributed by atoms with Crippen LogP contribution in [-0.4, -0.2) is 49.7 Å². The van der Waals surface area contributed by atoms with Gasteiger partial charge >= 0.3 is 5.97 Å². The van der Waals surface area contributed by atoms with Gasteiger partial charge in [0, 0.05) is 24.9 Å². The Morgan fingerprint density at radius 2 is 1.82 bits per heavy atom. The largest absolute Gasteiger partial charge is 0.467 e. The van der Waals surface area contributed by atoms with Crippen LogP contribution in [0.25, 0.3) is 0 Å². The van der Waals surface area contributed by atoms with Gasteiger partial charge in [-0.15, -0.1) is 0 Å². The second-order valence-corrected chi connectivity index (χ2v) is 5.95. The molecule has 7 nitrogen and oxygen atoms in total. The maximum absolute atomic E-state index is 12.2. The molecule has 0 unspecified atom stereocenters. The van der Waals surface area contributed by atoms with Crippen LogP contribution < -0.4 is 10.6 Å². The maximum Gasteiger partial charge on any atom is 0.332 e. The van der Waals surface area contributed by atoms with Crippen LogP contribution >= 0.6 is 0 Å². The zero-order valence-electron chi connectivity index (χ0n) is 13.9. The minimum atomic E-state index is -1.13. The number of carbonyl (C=O) groups is 3. The summed E-state index contributed by atoms with van der Waals surface area (Å²) in [4.78, 5) is 35.5. The minimum Gasteiger partial charge on any atom is -0.467 e. The summed E-state index contributed by atoms with van der Waals surface area (Å²) in [5, 5.41) is 5.22. The van der Waals surface area contributed by atoms with Crippen LogP contribution in [0.4, 0.5) is 0 Å². The first kappa shape index (κ1) is 18.4. The third-order valence-corrected chi connectivity index (χ3v) is 4.42. The average molecular weight is 314 g/mol. The van der Waals surface area contributed by atoms with Crippen molar-refractivity contribution in [2.75, 3.05) is 20.3 Å². The fourth-order valence-electron chi connectivity index (χ4n) is 2.78. The molecule has 0 aliphatic heterocycles. The van der Waals surface area contributed by atoms with Crippen LogP contribution in [0.15, 0.2) is 0 Å². The molecule has 2 N–H and O–H groups in total. The summed E-state index contributed by atoms with van der Waals surface area (Å²) in [6.45, 7) is 7.67. The number of esters is 1. The first-order chi connectivity index (χ1) is 10.2. The number of carbonyl (C=O) groups excluding carboxylic acids is 3. The van der Waals surface area contributed by atoms with E-state index in [-0.39, 0.29) is 18.6 Å². The van der Waals surface area contributed by atoms with E-state index in [1.165, 1.54) is 7.11 Å². The van der Waals surface area contributed by atoms with Crippen molar-refractivity contribution in [2.45, 2.75) is 52.2 Å². The molecule has 1 aliphatic rings. The molecule has 0 aromatic heterocycles. The summed E-state index contributed by atoms with van der Waals surface area (Å²) in [5.74, 6) is -1.14. The van der Waals surface area contributed by atoms with E-state index >= 15 is 0 Å². The molecule has 0 bridgehead atoms. The number of hydrogen-bond acceptors (Lipinski definition) is 5. The molecular weight excluding hydrogens is 288 g/mol. The predicted octanol–water partition coefficient (Wildman–Crippen LogP) is 0.376. The zero-order valence-corrected chi connectivity index (χ0v) is 13.9. The van der Waals surface area contributed by atoms with Gasteiger partial charge in [0.2, 0.25) is 11.8 Å². The third kappa shape index (κ3) is 3.24. The highest BCUT2D eigenvalue weighted by molar-refractivity contribution is 5.92.